The molecule has 29 heavy (non-hydrogen) atoms. The number of pyridine rings is 1. The Morgan fingerprint density at radius 2 is 2.03 bits per heavy atom. The van der Waals surface area contributed by atoms with Gasteiger partial charge in [-0.3, -0.25) is 4.79 Å². The lowest BCUT2D eigenvalue weighted by Gasteiger charge is -2.32. The number of sulfonamides is 1. The third-order valence-electron chi connectivity index (χ3n) is 5.01. The number of aromatic nitrogens is 1. The largest absolute Gasteiger partial charge is 0.497 e. The number of carbonyl (C=O) groups is 1. The first kappa shape index (κ1) is 21.6. The molecule has 1 N–H and O–H groups in total. The fraction of sp³-hybridized carbons (Fsp3) is 0.400. The summed E-state index contributed by atoms with van der Waals surface area (Å²) in [6.07, 6.45) is 5.09. The van der Waals surface area contributed by atoms with Gasteiger partial charge in [0, 0.05) is 31.9 Å². The number of ether oxygens (including phenoxy) is 1. The van der Waals surface area contributed by atoms with Gasteiger partial charge in [-0.05, 0) is 49.3 Å². The van der Waals surface area contributed by atoms with Crippen molar-refractivity contribution < 1.29 is 17.9 Å². The van der Waals surface area contributed by atoms with E-state index in [-0.39, 0.29) is 16.7 Å². The molecular weight excluding hydrogens is 410 g/mol. The number of hydrogen-bond donors (Lipinski definition) is 1. The Kier molecular flexibility index (Phi) is 7.15. The van der Waals surface area contributed by atoms with E-state index in [9.17, 15) is 13.2 Å². The molecule has 0 aliphatic carbocycles. The van der Waals surface area contributed by atoms with Crippen molar-refractivity contribution in [1.82, 2.24) is 14.6 Å². The molecule has 1 amide bonds. The van der Waals surface area contributed by atoms with Crippen LogP contribution in [0.2, 0.25) is 0 Å². The molecule has 0 bridgehead atoms. The second-order valence-corrected chi connectivity index (χ2v) is 9.39. The summed E-state index contributed by atoms with van der Waals surface area (Å²) in [7, 11) is -2.09. The number of rotatable bonds is 7. The van der Waals surface area contributed by atoms with Crippen molar-refractivity contribution in [2.24, 2.45) is 5.92 Å². The van der Waals surface area contributed by atoms with E-state index < -0.39 is 10.0 Å². The van der Waals surface area contributed by atoms with Crippen LogP contribution in [-0.2, 0) is 10.0 Å². The second-order valence-electron chi connectivity index (χ2n) is 6.83. The highest BCUT2D eigenvalue weighted by molar-refractivity contribution is 7.98. The van der Waals surface area contributed by atoms with Gasteiger partial charge in [0.25, 0.3) is 5.91 Å². The molecule has 1 aromatic carbocycles. The number of carbonyl (C=O) groups excluding carboxylic acids is 1. The monoisotopic (exact) mass is 435 g/mol. The first-order valence-corrected chi connectivity index (χ1v) is 12.1. The van der Waals surface area contributed by atoms with Gasteiger partial charge in [-0.1, -0.05) is 6.07 Å². The van der Waals surface area contributed by atoms with E-state index in [0.29, 0.717) is 30.9 Å². The summed E-state index contributed by atoms with van der Waals surface area (Å²) < 4.78 is 32.8. The summed E-state index contributed by atoms with van der Waals surface area (Å²) >= 11 is 1.46. The number of nitrogens with one attached hydrogen (secondary N) is 1. The molecule has 0 spiro atoms. The minimum Gasteiger partial charge on any atom is -0.497 e. The van der Waals surface area contributed by atoms with Crippen LogP contribution in [0.1, 0.15) is 23.2 Å². The minimum absolute atomic E-state index is 0.0159. The Labute approximate surface area is 175 Å². The fourth-order valence-electron chi connectivity index (χ4n) is 3.31. The summed E-state index contributed by atoms with van der Waals surface area (Å²) in [4.78, 5) is 19.1. The zero-order valence-corrected chi connectivity index (χ0v) is 18.1. The molecule has 9 heteroatoms. The SMILES string of the molecule is COc1cccc(S(=O)(=O)NCC2CCN(C(=O)c3cccnc3SC)CC2)c1. The standard InChI is InChI=1S/C20H25N3O4S2/c1-27-16-5-3-6-17(13-16)29(25,26)22-14-15-8-11-23(12-9-15)20(24)18-7-4-10-21-19(18)28-2/h3-7,10,13,15,22H,8-9,11-12,14H2,1-2H3. The molecule has 1 aromatic heterocycles. The highest BCUT2D eigenvalue weighted by Crippen LogP contribution is 2.23. The lowest BCUT2D eigenvalue weighted by molar-refractivity contribution is 0.0687. The van der Waals surface area contributed by atoms with Crippen LogP contribution >= 0.6 is 11.8 Å². The predicted octanol–water partition coefficient (Wildman–Crippen LogP) is 2.64. The maximum atomic E-state index is 12.8. The summed E-state index contributed by atoms with van der Waals surface area (Å²) in [5.41, 5.74) is 0.622. The molecule has 7 nitrogen and oxygen atoms in total. The van der Waals surface area contributed by atoms with Crippen LogP contribution in [-0.4, -0.2) is 57.2 Å². The fourth-order valence-corrected chi connectivity index (χ4v) is 5.00. The van der Waals surface area contributed by atoms with Gasteiger partial charge in [0.2, 0.25) is 10.0 Å². The van der Waals surface area contributed by atoms with E-state index in [1.54, 1.807) is 36.5 Å². The van der Waals surface area contributed by atoms with Crippen molar-refractivity contribution in [3.05, 3.63) is 48.2 Å². The molecule has 156 valence electrons. The average molecular weight is 436 g/mol. The molecule has 1 aliphatic heterocycles. The van der Waals surface area contributed by atoms with E-state index in [4.69, 9.17) is 4.74 Å². The smallest absolute Gasteiger partial charge is 0.256 e. The van der Waals surface area contributed by atoms with Crippen molar-refractivity contribution in [1.29, 1.82) is 0 Å². The number of thioether (sulfide) groups is 1. The molecule has 1 aliphatic rings. The number of piperidine rings is 1. The maximum absolute atomic E-state index is 12.8. The van der Waals surface area contributed by atoms with Crippen molar-refractivity contribution in [2.75, 3.05) is 33.0 Å². The first-order chi connectivity index (χ1) is 13.9. The van der Waals surface area contributed by atoms with E-state index in [1.165, 1.54) is 24.9 Å². The first-order valence-electron chi connectivity index (χ1n) is 9.36. The lowest BCUT2D eigenvalue weighted by atomic mass is 9.97. The third-order valence-corrected chi connectivity index (χ3v) is 7.14. The second kappa shape index (κ2) is 9.60. The quantitative estimate of drug-likeness (QED) is 0.673. The zero-order chi connectivity index (χ0) is 20.9. The van der Waals surface area contributed by atoms with E-state index in [0.717, 1.165) is 17.9 Å². The number of benzene rings is 1. The van der Waals surface area contributed by atoms with Crippen molar-refractivity contribution in [3.8, 4) is 5.75 Å². The molecular formula is C20H25N3O4S2. The van der Waals surface area contributed by atoms with Gasteiger partial charge in [-0.15, -0.1) is 11.8 Å². The molecule has 2 heterocycles. The summed E-state index contributed by atoms with van der Waals surface area (Å²) in [5, 5.41) is 0.727. The van der Waals surface area contributed by atoms with Gasteiger partial charge in [0.15, 0.2) is 0 Å². The number of likely N-dealkylation sites (tertiary alicyclic amines) is 1. The van der Waals surface area contributed by atoms with Gasteiger partial charge in [0.1, 0.15) is 10.8 Å². The van der Waals surface area contributed by atoms with E-state index in [1.807, 2.05) is 11.2 Å². The highest BCUT2D eigenvalue weighted by atomic mass is 32.2. The van der Waals surface area contributed by atoms with Gasteiger partial charge in [-0.25, -0.2) is 18.1 Å². The summed E-state index contributed by atoms with van der Waals surface area (Å²) in [5.74, 6) is 0.672. The van der Waals surface area contributed by atoms with Crippen LogP contribution in [0, 0.1) is 5.92 Å². The van der Waals surface area contributed by atoms with E-state index >= 15 is 0 Å². The minimum atomic E-state index is -3.60. The normalized spacial score (nSPS) is 15.3. The van der Waals surface area contributed by atoms with Crippen LogP contribution in [0.4, 0.5) is 0 Å². The molecule has 2 aromatic rings. The highest BCUT2D eigenvalue weighted by Gasteiger charge is 2.26. The Morgan fingerprint density at radius 3 is 2.72 bits per heavy atom. The van der Waals surface area contributed by atoms with Crippen molar-refractivity contribution in [3.63, 3.8) is 0 Å². The topological polar surface area (TPSA) is 88.6 Å². The third kappa shape index (κ3) is 5.29. The van der Waals surface area contributed by atoms with Gasteiger partial charge < -0.3 is 9.64 Å². The van der Waals surface area contributed by atoms with Crippen molar-refractivity contribution in [2.45, 2.75) is 22.8 Å². The maximum Gasteiger partial charge on any atom is 0.256 e. The van der Waals surface area contributed by atoms with Crippen LogP contribution in [0.3, 0.4) is 0 Å². The molecule has 0 radical (unpaired) electrons. The number of nitrogens with zero attached hydrogens (tertiary/aromatic N) is 2. The number of methoxy groups -OCH3 is 1. The lowest BCUT2D eigenvalue weighted by Crippen LogP contribution is -2.41. The zero-order valence-electron chi connectivity index (χ0n) is 16.5. The molecule has 1 saturated heterocycles. The average Bonchev–Trinajstić information content (AvgIpc) is 2.77. The molecule has 0 unspecified atom stereocenters. The van der Waals surface area contributed by atoms with Crippen molar-refractivity contribution >= 4 is 27.7 Å². The Hall–Kier alpha value is -2.10. The van der Waals surface area contributed by atoms with Crippen LogP contribution < -0.4 is 9.46 Å². The number of hydrogen-bond acceptors (Lipinski definition) is 6. The summed E-state index contributed by atoms with van der Waals surface area (Å²) in [6, 6.07) is 9.97. The number of amides is 1. The van der Waals surface area contributed by atoms with Gasteiger partial charge in [0.05, 0.1) is 17.6 Å². The van der Waals surface area contributed by atoms with Gasteiger partial charge >= 0.3 is 0 Å². The van der Waals surface area contributed by atoms with E-state index in [2.05, 4.69) is 9.71 Å². The molecule has 0 atom stereocenters. The van der Waals surface area contributed by atoms with Crippen LogP contribution in [0.15, 0.2) is 52.5 Å². The van der Waals surface area contributed by atoms with Crippen LogP contribution in [0.25, 0.3) is 0 Å². The predicted molar refractivity (Wildman–Crippen MR) is 113 cm³/mol. The van der Waals surface area contributed by atoms with Crippen LogP contribution in [0.5, 0.6) is 5.75 Å². The van der Waals surface area contributed by atoms with Gasteiger partial charge in [-0.2, -0.15) is 0 Å². The molecule has 0 saturated carbocycles. The summed E-state index contributed by atoms with van der Waals surface area (Å²) in [6.45, 7) is 1.56. The molecule has 3 rings (SSSR count). The Bertz CT molecular complexity index is 958. The Balaban J connectivity index is 1.55. The molecule has 1 fully saturated rings. The Morgan fingerprint density at radius 1 is 1.28 bits per heavy atom.